The minimum Gasteiger partial charge on any atom is -0.493 e. The Kier molecular flexibility index (Phi) is 15.3. The predicted molar refractivity (Wildman–Crippen MR) is 115 cm³/mol. The lowest BCUT2D eigenvalue weighted by atomic mass is 10.0. The highest BCUT2D eigenvalue weighted by molar-refractivity contribution is 9.09. The first-order valence-corrected chi connectivity index (χ1v) is 11.8. The van der Waals surface area contributed by atoms with Crippen molar-refractivity contribution in [2.75, 3.05) is 11.9 Å². The van der Waals surface area contributed by atoms with Crippen LogP contribution in [0.2, 0.25) is 0 Å². The van der Waals surface area contributed by atoms with Crippen molar-refractivity contribution < 1.29 is 4.74 Å². The summed E-state index contributed by atoms with van der Waals surface area (Å²) in [6, 6.07) is 8.62. The standard InChI is InChI=1S/C23H39BrO/c1-2-3-4-5-6-7-8-9-10-11-12-13-14-15-22-16-18-23(19-17-22)25-21-20-24/h16-19H,2-15,20-21H2,1H3. The molecule has 0 aliphatic heterocycles. The Hall–Kier alpha value is -0.500. The van der Waals surface area contributed by atoms with E-state index in [2.05, 4.69) is 47.1 Å². The molecule has 0 spiro atoms. The van der Waals surface area contributed by atoms with Crippen LogP contribution >= 0.6 is 15.9 Å². The molecule has 0 fully saturated rings. The summed E-state index contributed by atoms with van der Waals surface area (Å²) in [6.07, 6.45) is 19.7. The Morgan fingerprint density at radius 1 is 0.680 bits per heavy atom. The van der Waals surface area contributed by atoms with E-state index in [-0.39, 0.29) is 0 Å². The normalized spacial score (nSPS) is 11.0. The largest absolute Gasteiger partial charge is 0.493 e. The Balaban J connectivity index is 1.87. The van der Waals surface area contributed by atoms with Crippen LogP contribution in [0.15, 0.2) is 24.3 Å². The van der Waals surface area contributed by atoms with Gasteiger partial charge in [0.2, 0.25) is 0 Å². The maximum Gasteiger partial charge on any atom is 0.119 e. The fraction of sp³-hybridized carbons (Fsp3) is 0.739. The van der Waals surface area contributed by atoms with Gasteiger partial charge in [-0.2, -0.15) is 0 Å². The zero-order chi connectivity index (χ0) is 18.0. The van der Waals surface area contributed by atoms with Crippen LogP contribution in [0.5, 0.6) is 5.75 Å². The van der Waals surface area contributed by atoms with Gasteiger partial charge >= 0.3 is 0 Å². The van der Waals surface area contributed by atoms with Crippen LogP contribution in [0.4, 0.5) is 0 Å². The minimum absolute atomic E-state index is 0.734. The Bertz CT molecular complexity index is 388. The van der Waals surface area contributed by atoms with Gasteiger partial charge in [-0.25, -0.2) is 0 Å². The van der Waals surface area contributed by atoms with Crippen molar-refractivity contribution in [1.82, 2.24) is 0 Å². The number of ether oxygens (including phenoxy) is 1. The van der Waals surface area contributed by atoms with Crippen LogP contribution in [-0.4, -0.2) is 11.9 Å². The highest BCUT2D eigenvalue weighted by Crippen LogP contribution is 2.16. The van der Waals surface area contributed by atoms with Gasteiger partial charge in [-0.05, 0) is 30.5 Å². The summed E-state index contributed by atoms with van der Waals surface area (Å²) in [5.74, 6) is 0.980. The van der Waals surface area contributed by atoms with E-state index in [1.807, 2.05) is 0 Å². The molecule has 2 heteroatoms. The number of rotatable bonds is 17. The highest BCUT2D eigenvalue weighted by Gasteiger charge is 1.97. The summed E-state index contributed by atoms with van der Waals surface area (Å²) in [5, 5.41) is 0.883. The molecule has 25 heavy (non-hydrogen) atoms. The van der Waals surface area contributed by atoms with Crippen molar-refractivity contribution in [2.45, 2.75) is 96.8 Å². The van der Waals surface area contributed by atoms with Crippen molar-refractivity contribution >= 4 is 15.9 Å². The first kappa shape index (κ1) is 22.5. The van der Waals surface area contributed by atoms with E-state index >= 15 is 0 Å². The molecule has 1 aromatic carbocycles. The summed E-state index contributed by atoms with van der Waals surface area (Å²) in [7, 11) is 0. The summed E-state index contributed by atoms with van der Waals surface area (Å²) in [4.78, 5) is 0. The fourth-order valence-corrected chi connectivity index (χ4v) is 3.42. The second-order valence-corrected chi connectivity index (χ2v) is 7.97. The van der Waals surface area contributed by atoms with Gasteiger partial charge in [0.05, 0.1) is 6.61 Å². The predicted octanol–water partition coefficient (Wildman–Crippen LogP) is 8.09. The molecular formula is C23H39BrO. The lowest BCUT2D eigenvalue weighted by molar-refractivity contribution is 0.345. The molecule has 0 atom stereocenters. The van der Waals surface area contributed by atoms with Crippen LogP contribution < -0.4 is 4.74 Å². The molecule has 1 rings (SSSR count). The summed E-state index contributed by atoms with van der Waals surface area (Å²) in [6.45, 7) is 3.02. The molecule has 0 aliphatic carbocycles. The number of unbranched alkanes of at least 4 members (excludes halogenated alkanes) is 12. The lowest BCUT2D eigenvalue weighted by Gasteiger charge is -2.06. The molecule has 0 aliphatic rings. The maximum absolute atomic E-state index is 5.59. The third kappa shape index (κ3) is 13.4. The first-order valence-electron chi connectivity index (χ1n) is 10.6. The third-order valence-electron chi connectivity index (χ3n) is 4.84. The summed E-state index contributed by atoms with van der Waals surface area (Å²) in [5.41, 5.74) is 1.44. The Labute approximate surface area is 165 Å². The monoisotopic (exact) mass is 410 g/mol. The quantitative estimate of drug-likeness (QED) is 0.186. The zero-order valence-electron chi connectivity index (χ0n) is 16.4. The van der Waals surface area contributed by atoms with Gasteiger partial charge in [-0.3, -0.25) is 0 Å². The summed E-state index contributed by atoms with van der Waals surface area (Å²) >= 11 is 3.38. The molecule has 0 N–H and O–H groups in total. The van der Waals surface area contributed by atoms with Crippen LogP contribution in [0.1, 0.15) is 96.0 Å². The molecule has 0 saturated carbocycles. The number of alkyl halides is 1. The SMILES string of the molecule is CCCCCCCCCCCCCCCc1ccc(OCCBr)cc1. The van der Waals surface area contributed by atoms with Crippen LogP contribution in [-0.2, 0) is 6.42 Å². The average molecular weight is 411 g/mol. The molecule has 0 aromatic heterocycles. The van der Waals surface area contributed by atoms with Crippen molar-refractivity contribution in [3.05, 3.63) is 29.8 Å². The van der Waals surface area contributed by atoms with E-state index in [1.165, 1.54) is 95.5 Å². The molecule has 0 heterocycles. The molecular weight excluding hydrogens is 372 g/mol. The average Bonchev–Trinajstić information content (AvgIpc) is 2.65. The number of hydrogen-bond donors (Lipinski definition) is 0. The van der Waals surface area contributed by atoms with Gasteiger partial charge in [0.25, 0.3) is 0 Å². The van der Waals surface area contributed by atoms with Crippen molar-refractivity contribution in [1.29, 1.82) is 0 Å². The highest BCUT2D eigenvalue weighted by atomic mass is 79.9. The van der Waals surface area contributed by atoms with Crippen LogP contribution in [0.25, 0.3) is 0 Å². The molecule has 0 radical (unpaired) electrons. The topological polar surface area (TPSA) is 9.23 Å². The third-order valence-corrected chi connectivity index (χ3v) is 5.16. The maximum atomic E-state index is 5.59. The van der Waals surface area contributed by atoms with Gasteiger partial charge in [0, 0.05) is 5.33 Å². The van der Waals surface area contributed by atoms with Gasteiger partial charge in [-0.15, -0.1) is 0 Å². The van der Waals surface area contributed by atoms with Crippen molar-refractivity contribution in [2.24, 2.45) is 0 Å². The van der Waals surface area contributed by atoms with Crippen LogP contribution in [0.3, 0.4) is 0 Å². The molecule has 1 nitrogen and oxygen atoms in total. The lowest BCUT2D eigenvalue weighted by Crippen LogP contribution is -1.97. The number of aryl methyl sites for hydroxylation is 1. The molecule has 0 bridgehead atoms. The number of hydrogen-bond acceptors (Lipinski definition) is 1. The van der Waals surface area contributed by atoms with E-state index < -0.39 is 0 Å². The smallest absolute Gasteiger partial charge is 0.119 e. The second kappa shape index (κ2) is 16.9. The van der Waals surface area contributed by atoms with E-state index in [9.17, 15) is 0 Å². The van der Waals surface area contributed by atoms with Gasteiger partial charge < -0.3 is 4.74 Å². The van der Waals surface area contributed by atoms with E-state index in [0.29, 0.717) is 0 Å². The molecule has 0 unspecified atom stereocenters. The number of halogens is 1. The molecule has 0 saturated heterocycles. The zero-order valence-corrected chi connectivity index (χ0v) is 18.0. The van der Waals surface area contributed by atoms with Crippen molar-refractivity contribution in [3.8, 4) is 5.75 Å². The molecule has 144 valence electrons. The van der Waals surface area contributed by atoms with E-state index in [4.69, 9.17) is 4.74 Å². The van der Waals surface area contributed by atoms with Crippen LogP contribution in [0, 0.1) is 0 Å². The minimum atomic E-state index is 0.734. The van der Waals surface area contributed by atoms with Gasteiger partial charge in [-0.1, -0.05) is 112 Å². The molecule has 1 aromatic rings. The fourth-order valence-electron chi connectivity index (χ4n) is 3.26. The number of benzene rings is 1. The second-order valence-electron chi connectivity index (χ2n) is 7.17. The van der Waals surface area contributed by atoms with Gasteiger partial charge in [0.15, 0.2) is 0 Å². The molecule has 0 amide bonds. The Morgan fingerprint density at radius 3 is 1.64 bits per heavy atom. The van der Waals surface area contributed by atoms with E-state index in [0.717, 1.165) is 17.7 Å². The van der Waals surface area contributed by atoms with Gasteiger partial charge in [0.1, 0.15) is 5.75 Å². The van der Waals surface area contributed by atoms with E-state index in [1.54, 1.807) is 0 Å². The van der Waals surface area contributed by atoms with Crippen molar-refractivity contribution in [3.63, 3.8) is 0 Å². The summed E-state index contributed by atoms with van der Waals surface area (Å²) < 4.78 is 5.59. The first-order chi connectivity index (χ1) is 12.4. The Morgan fingerprint density at radius 2 is 1.16 bits per heavy atom.